The Balaban J connectivity index is 1.81. The normalized spacial score (nSPS) is 27.6. The number of hydrogen-bond donors (Lipinski definition) is 2. The molecule has 2 rings (SSSR count). The van der Waals surface area contributed by atoms with Gasteiger partial charge in [0.05, 0.1) is 6.61 Å². The quantitative estimate of drug-likeness (QED) is 0.732. The lowest BCUT2D eigenvalue weighted by Gasteiger charge is -2.35. The Hall–Kier alpha value is -0.0800. The van der Waals surface area contributed by atoms with E-state index in [4.69, 9.17) is 0 Å². The fraction of sp³-hybridized carbons (Fsp3) is 1.00. The number of nitrogens with one attached hydrogen (secondary N) is 1. The molecule has 88 valence electrons. The molecule has 0 radical (unpaired) electrons. The highest BCUT2D eigenvalue weighted by Crippen LogP contribution is 2.37. The highest BCUT2D eigenvalue weighted by atomic mass is 16.3. The summed E-state index contributed by atoms with van der Waals surface area (Å²) in [6, 6.07) is 0.662. The fourth-order valence-electron chi connectivity index (χ4n) is 2.87. The minimum atomic E-state index is -0.0107. The smallest absolute Gasteiger partial charge is 0.0610 e. The molecule has 0 amide bonds. The highest BCUT2D eigenvalue weighted by molar-refractivity contribution is 4.92. The standard InChI is InChI=1S/C13H25NO/c1-13(10-15,9-11-7-8-11)14-12-5-3-2-4-6-12/h11-12,14-15H,2-10H2,1H3. The van der Waals surface area contributed by atoms with Gasteiger partial charge in [-0.2, -0.15) is 0 Å². The van der Waals surface area contributed by atoms with Gasteiger partial charge in [-0.15, -0.1) is 0 Å². The van der Waals surface area contributed by atoms with Gasteiger partial charge in [0.1, 0.15) is 0 Å². The molecule has 1 unspecified atom stereocenters. The minimum absolute atomic E-state index is 0.0107. The van der Waals surface area contributed by atoms with Gasteiger partial charge in [0.15, 0.2) is 0 Å². The molecule has 2 aliphatic rings. The molecule has 2 heteroatoms. The summed E-state index contributed by atoms with van der Waals surface area (Å²) in [7, 11) is 0. The van der Waals surface area contributed by atoms with E-state index < -0.39 is 0 Å². The van der Waals surface area contributed by atoms with Crippen LogP contribution in [-0.2, 0) is 0 Å². The van der Waals surface area contributed by atoms with Crippen molar-refractivity contribution >= 4 is 0 Å². The lowest BCUT2D eigenvalue weighted by Crippen LogP contribution is -2.51. The van der Waals surface area contributed by atoms with Crippen LogP contribution in [0.4, 0.5) is 0 Å². The maximum atomic E-state index is 9.53. The van der Waals surface area contributed by atoms with Gasteiger partial charge in [-0.3, -0.25) is 0 Å². The second-order valence-electron chi connectivity index (χ2n) is 5.85. The maximum Gasteiger partial charge on any atom is 0.0610 e. The molecule has 15 heavy (non-hydrogen) atoms. The van der Waals surface area contributed by atoms with Crippen LogP contribution >= 0.6 is 0 Å². The Morgan fingerprint density at radius 1 is 1.13 bits per heavy atom. The van der Waals surface area contributed by atoms with E-state index in [1.165, 1.54) is 51.4 Å². The first kappa shape index (κ1) is 11.4. The largest absolute Gasteiger partial charge is 0.394 e. The Morgan fingerprint density at radius 2 is 1.80 bits per heavy atom. The van der Waals surface area contributed by atoms with E-state index in [1.807, 2.05) is 0 Å². The lowest BCUT2D eigenvalue weighted by atomic mass is 9.89. The number of hydrogen-bond acceptors (Lipinski definition) is 2. The van der Waals surface area contributed by atoms with Crippen molar-refractivity contribution in [1.29, 1.82) is 0 Å². The molecule has 1 atom stereocenters. The van der Waals surface area contributed by atoms with Crippen LogP contribution in [0.1, 0.15) is 58.3 Å². The SMILES string of the molecule is CC(CO)(CC1CC1)NC1CCCCC1. The summed E-state index contributed by atoms with van der Waals surface area (Å²) in [5.41, 5.74) is -0.0107. The Kier molecular flexibility index (Phi) is 3.68. The van der Waals surface area contributed by atoms with Gasteiger partial charge in [0, 0.05) is 11.6 Å². The molecular formula is C13H25NO. The summed E-state index contributed by atoms with van der Waals surface area (Å²) in [5, 5.41) is 13.2. The first-order chi connectivity index (χ1) is 7.22. The molecule has 0 heterocycles. The molecule has 2 nitrogen and oxygen atoms in total. The average molecular weight is 211 g/mol. The summed E-state index contributed by atoms with van der Waals surface area (Å²) in [6.45, 7) is 2.49. The molecule has 0 saturated heterocycles. The molecule has 0 spiro atoms. The van der Waals surface area contributed by atoms with Crippen molar-refractivity contribution in [3.8, 4) is 0 Å². The summed E-state index contributed by atoms with van der Waals surface area (Å²) in [6.07, 6.45) is 10.7. The van der Waals surface area contributed by atoms with Crippen molar-refractivity contribution in [1.82, 2.24) is 5.32 Å². The summed E-state index contributed by atoms with van der Waals surface area (Å²) in [4.78, 5) is 0. The second-order valence-corrected chi connectivity index (χ2v) is 5.85. The van der Waals surface area contributed by atoms with Crippen molar-refractivity contribution in [2.45, 2.75) is 69.9 Å². The van der Waals surface area contributed by atoms with E-state index in [9.17, 15) is 5.11 Å². The van der Waals surface area contributed by atoms with E-state index in [2.05, 4.69) is 12.2 Å². The van der Waals surface area contributed by atoms with E-state index >= 15 is 0 Å². The molecule has 0 aromatic carbocycles. The minimum Gasteiger partial charge on any atom is -0.394 e. The van der Waals surface area contributed by atoms with Crippen LogP contribution < -0.4 is 5.32 Å². The van der Waals surface area contributed by atoms with Crippen molar-refractivity contribution in [2.24, 2.45) is 5.92 Å². The third-order valence-electron chi connectivity index (χ3n) is 3.94. The molecule has 0 aromatic heterocycles. The van der Waals surface area contributed by atoms with Crippen molar-refractivity contribution < 1.29 is 5.11 Å². The van der Waals surface area contributed by atoms with E-state index in [-0.39, 0.29) is 5.54 Å². The molecular weight excluding hydrogens is 186 g/mol. The Bertz CT molecular complexity index is 197. The predicted molar refractivity (Wildman–Crippen MR) is 62.8 cm³/mol. The predicted octanol–water partition coefficient (Wildman–Crippen LogP) is 2.46. The van der Waals surface area contributed by atoms with Crippen LogP contribution in [0.15, 0.2) is 0 Å². The van der Waals surface area contributed by atoms with Crippen LogP contribution in [-0.4, -0.2) is 23.3 Å². The molecule has 0 aromatic rings. The summed E-state index contributed by atoms with van der Waals surface area (Å²) in [5.74, 6) is 0.887. The summed E-state index contributed by atoms with van der Waals surface area (Å²) < 4.78 is 0. The maximum absolute atomic E-state index is 9.53. The van der Waals surface area contributed by atoms with Crippen LogP contribution in [0.5, 0.6) is 0 Å². The molecule has 2 N–H and O–H groups in total. The Labute approximate surface area is 93.5 Å². The van der Waals surface area contributed by atoms with Crippen molar-refractivity contribution in [2.75, 3.05) is 6.61 Å². The van der Waals surface area contributed by atoms with Gasteiger partial charge in [0.25, 0.3) is 0 Å². The van der Waals surface area contributed by atoms with Crippen LogP contribution in [0.25, 0.3) is 0 Å². The van der Waals surface area contributed by atoms with Gasteiger partial charge < -0.3 is 10.4 Å². The van der Waals surface area contributed by atoms with Crippen LogP contribution in [0, 0.1) is 5.92 Å². The van der Waals surface area contributed by atoms with Gasteiger partial charge >= 0.3 is 0 Å². The van der Waals surface area contributed by atoms with Crippen molar-refractivity contribution in [3.05, 3.63) is 0 Å². The molecule has 2 aliphatic carbocycles. The van der Waals surface area contributed by atoms with E-state index in [1.54, 1.807) is 0 Å². The van der Waals surface area contributed by atoms with Gasteiger partial charge in [-0.05, 0) is 32.1 Å². The van der Waals surface area contributed by atoms with E-state index in [0.29, 0.717) is 12.6 Å². The van der Waals surface area contributed by atoms with Crippen LogP contribution in [0.3, 0.4) is 0 Å². The number of rotatable bonds is 5. The summed E-state index contributed by atoms with van der Waals surface area (Å²) >= 11 is 0. The third kappa shape index (κ3) is 3.46. The first-order valence-corrected chi connectivity index (χ1v) is 6.60. The zero-order chi connectivity index (χ0) is 10.7. The van der Waals surface area contributed by atoms with Gasteiger partial charge in [-0.1, -0.05) is 32.1 Å². The highest BCUT2D eigenvalue weighted by Gasteiger charge is 2.34. The lowest BCUT2D eigenvalue weighted by molar-refractivity contribution is 0.137. The average Bonchev–Trinajstić information content (AvgIpc) is 3.03. The fourth-order valence-corrected chi connectivity index (χ4v) is 2.87. The monoisotopic (exact) mass is 211 g/mol. The molecule has 0 bridgehead atoms. The second kappa shape index (κ2) is 4.84. The molecule has 2 saturated carbocycles. The number of aliphatic hydroxyl groups excluding tert-OH is 1. The first-order valence-electron chi connectivity index (χ1n) is 6.60. The third-order valence-corrected chi connectivity index (χ3v) is 3.94. The van der Waals surface area contributed by atoms with Crippen molar-refractivity contribution in [3.63, 3.8) is 0 Å². The topological polar surface area (TPSA) is 32.3 Å². The number of aliphatic hydroxyl groups is 1. The van der Waals surface area contributed by atoms with Gasteiger partial charge in [0.2, 0.25) is 0 Å². The van der Waals surface area contributed by atoms with E-state index in [0.717, 1.165) is 5.92 Å². The zero-order valence-corrected chi connectivity index (χ0v) is 9.97. The zero-order valence-electron chi connectivity index (χ0n) is 9.97. The van der Waals surface area contributed by atoms with Crippen LogP contribution in [0.2, 0.25) is 0 Å². The molecule has 2 fully saturated rings. The van der Waals surface area contributed by atoms with Gasteiger partial charge in [-0.25, -0.2) is 0 Å². The molecule has 0 aliphatic heterocycles. The Morgan fingerprint density at radius 3 is 2.33 bits per heavy atom.